The maximum atomic E-state index is 13.2. The molecule has 0 radical (unpaired) electrons. The summed E-state index contributed by atoms with van der Waals surface area (Å²) in [5.74, 6) is -0.705. The molecule has 9 nitrogen and oxygen atoms in total. The largest absolute Gasteiger partial charge is 0.478 e. The van der Waals surface area contributed by atoms with Gasteiger partial charge in [-0.15, -0.1) is 0 Å². The Morgan fingerprint density at radius 3 is 2.20 bits per heavy atom. The van der Waals surface area contributed by atoms with Crippen LogP contribution in [0.3, 0.4) is 0 Å². The van der Waals surface area contributed by atoms with E-state index >= 15 is 0 Å². The molecule has 3 rings (SSSR count). The fourth-order valence-corrected chi connectivity index (χ4v) is 4.21. The number of carbonyl (C=O) groups excluding carboxylic acids is 1. The smallest absolute Gasteiger partial charge is 0.347 e. The number of aryl methyl sites for hydroxylation is 1. The highest BCUT2D eigenvalue weighted by Gasteiger charge is 2.29. The molecule has 1 N–H and O–H groups in total. The van der Waals surface area contributed by atoms with E-state index < -0.39 is 17.5 Å². The van der Waals surface area contributed by atoms with E-state index in [0.29, 0.717) is 30.2 Å². The molecule has 0 atom stereocenters. The minimum atomic E-state index is -1.37. The monoisotopic (exact) mass is 551 g/mol. The maximum absolute atomic E-state index is 13.2. The zero-order chi connectivity index (χ0) is 29.1. The number of rotatable bonds is 16. The molecule has 40 heavy (non-hydrogen) atoms. The van der Waals surface area contributed by atoms with Gasteiger partial charge in [0.2, 0.25) is 0 Å². The van der Waals surface area contributed by atoms with Crippen LogP contribution in [-0.2, 0) is 40.4 Å². The number of aromatic nitrogens is 3. The summed E-state index contributed by atoms with van der Waals surface area (Å²) >= 11 is 0. The molecule has 0 fully saturated rings. The van der Waals surface area contributed by atoms with Crippen LogP contribution in [0.1, 0.15) is 81.8 Å². The number of hydrogen-bond acceptors (Lipinski definition) is 6. The molecule has 9 heteroatoms. The number of nitrogens with zero attached hydrogens (tertiary/aromatic N) is 3. The van der Waals surface area contributed by atoms with Crippen molar-refractivity contribution in [1.29, 1.82) is 0 Å². The summed E-state index contributed by atoms with van der Waals surface area (Å²) in [4.78, 5) is 37.1. The van der Waals surface area contributed by atoms with Crippen LogP contribution in [-0.4, -0.2) is 37.0 Å². The predicted octanol–water partition coefficient (Wildman–Crippen LogP) is 5.29. The van der Waals surface area contributed by atoms with E-state index in [1.807, 2.05) is 31.2 Å². The number of hydrogen-bond donors (Lipinski definition) is 1. The van der Waals surface area contributed by atoms with Crippen molar-refractivity contribution in [2.24, 2.45) is 0 Å². The highest BCUT2D eigenvalue weighted by molar-refractivity contribution is 5.76. The maximum Gasteiger partial charge on any atom is 0.347 e. The first-order valence-corrected chi connectivity index (χ1v) is 14.0. The minimum Gasteiger partial charge on any atom is -0.478 e. The average molecular weight is 552 g/mol. The second kappa shape index (κ2) is 14.5. The van der Waals surface area contributed by atoms with Crippen molar-refractivity contribution in [3.63, 3.8) is 0 Å². The SMILES string of the molecule is CCCCCCCCn1c(COC(=O)Cc2ccc(OC(C)(C)C(=O)O)cc2)nn(Cc2ccc(C)cc2)c1=O. The van der Waals surface area contributed by atoms with E-state index in [1.54, 1.807) is 28.8 Å². The van der Waals surface area contributed by atoms with Crippen LogP contribution >= 0.6 is 0 Å². The molecule has 1 heterocycles. The first-order chi connectivity index (χ1) is 19.1. The van der Waals surface area contributed by atoms with E-state index in [9.17, 15) is 19.5 Å². The van der Waals surface area contributed by atoms with Gasteiger partial charge in [0.25, 0.3) is 0 Å². The van der Waals surface area contributed by atoms with Gasteiger partial charge in [-0.3, -0.25) is 9.36 Å². The van der Waals surface area contributed by atoms with Crippen molar-refractivity contribution in [2.75, 3.05) is 0 Å². The average Bonchev–Trinajstić information content (AvgIpc) is 3.21. The van der Waals surface area contributed by atoms with E-state index in [4.69, 9.17) is 9.47 Å². The van der Waals surface area contributed by atoms with Gasteiger partial charge in [-0.2, -0.15) is 5.10 Å². The summed E-state index contributed by atoms with van der Waals surface area (Å²) < 4.78 is 14.1. The number of aliphatic carboxylic acids is 1. The van der Waals surface area contributed by atoms with Gasteiger partial charge in [0.15, 0.2) is 18.0 Å². The van der Waals surface area contributed by atoms with Crippen LogP contribution in [0.25, 0.3) is 0 Å². The Labute approximate surface area is 235 Å². The fourth-order valence-electron chi connectivity index (χ4n) is 4.21. The number of carboxylic acid groups (broad SMARTS) is 1. The standard InChI is InChI=1S/C31H41N3O6/c1-5-6-7-8-9-10-19-33-27(32-34(30(33)38)21-25-13-11-23(2)12-14-25)22-39-28(35)20-24-15-17-26(18-16-24)40-31(3,4)29(36)37/h11-18H,5-10,19-22H2,1-4H3,(H,36,37). The normalized spacial score (nSPS) is 11.4. The Kier molecular flexibility index (Phi) is 11.1. The number of carbonyl (C=O) groups is 2. The first-order valence-electron chi connectivity index (χ1n) is 14.0. The molecule has 0 bridgehead atoms. The summed E-state index contributed by atoms with van der Waals surface area (Å²) in [6, 6.07) is 14.6. The summed E-state index contributed by atoms with van der Waals surface area (Å²) in [7, 11) is 0. The second-order valence-electron chi connectivity index (χ2n) is 10.7. The minimum absolute atomic E-state index is 0.0222. The van der Waals surface area contributed by atoms with E-state index in [2.05, 4.69) is 12.0 Å². The van der Waals surface area contributed by atoms with Crippen LogP contribution < -0.4 is 10.4 Å². The number of unbranched alkanes of at least 4 members (excludes halogenated alkanes) is 5. The van der Waals surface area contributed by atoms with E-state index in [-0.39, 0.29) is 18.7 Å². The zero-order valence-electron chi connectivity index (χ0n) is 24.0. The Morgan fingerprint density at radius 1 is 0.925 bits per heavy atom. The van der Waals surface area contributed by atoms with Crippen molar-refractivity contribution < 1.29 is 24.2 Å². The molecule has 0 saturated heterocycles. The van der Waals surface area contributed by atoms with Crippen molar-refractivity contribution in [3.8, 4) is 5.75 Å². The molecule has 0 saturated carbocycles. The Balaban J connectivity index is 1.64. The van der Waals surface area contributed by atoms with Crippen LogP contribution in [0.4, 0.5) is 0 Å². The highest BCUT2D eigenvalue weighted by Crippen LogP contribution is 2.20. The van der Waals surface area contributed by atoms with Crippen molar-refractivity contribution >= 4 is 11.9 Å². The lowest BCUT2D eigenvalue weighted by Crippen LogP contribution is -2.37. The van der Waals surface area contributed by atoms with Crippen molar-refractivity contribution in [1.82, 2.24) is 14.3 Å². The van der Waals surface area contributed by atoms with Gasteiger partial charge in [0.05, 0.1) is 13.0 Å². The molecule has 0 aliphatic carbocycles. The molecule has 216 valence electrons. The quantitative estimate of drug-likeness (QED) is 0.190. The number of ether oxygens (including phenoxy) is 2. The molecule has 0 spiro atoms. The molecule has 0 unspecified atom stereocenters. The van der Waals surface area contributed by atoms with Crippen molar-refractivity contribution in [2.45, 2.75) is 97.9 Å². The summed E-state index contributed by atoms with van der Waals surface area (Å²) in [5, 5.41) is 13.7. The van der Waals surface area contributed by atoms with E-state index in [0.717, 1.165) is 30.4 Å². The van der Waals surface area contributed by atoms with Gasteiger partial charge in [0, 0.05) is 6.54 Å². The van der Waals surface area contributed by atoms with Gasteiger partial charge in [-0.25, -0.2) is 14.3 Å². The van der Waals surface area contributed by atoms with Crippen molar-refractivity contribution in [3.05, 3.63) is 81.5 Å². The van der Waals surface area contributed by atoms with Crippen LogP contribution in [0.2, 0.25) is 0 Å². The summed E-state index contributed by atoms with van der Waals surface area (Å²) in [6.07, 6.45) is 6.61. The molecule has 3 aromatic rings. The third-order valence-corrected chi connectivity index (χ3v) is 6.71. The van der Waals surface area contributed by atoms with Gasteiger partial charge < -0.3 is 14.6 Å². The molecule has 0 amide bonds. The zero-order valence-corrected chi connectivity index (χ0v) is 24.0. The third kappa shape index (κ3) is 9.10. The number of esters is 1. The van der Waals surface area contributed by atoms with Gasteiger partial charge in [-0.05, 0) is 50.5 Å². The van der Waals surface area contributed by atoms with Crippen LogP contribution in [0, 0.1) is 6.92 Å². The Morgan fingerprint density at radius 2 is 1.55 bits per heavy atom. The predicted molar refractivity (Wildman–Crippen MR) is 152 cm³/mol. The fraction of sp³-hybridized carbons (Fsp3) is 0.484. The summed E-state index contributed by atoms with van der Waals surface area (Å²) in [5.41, 5.74) is 1.23. The lowest BCUT2D eigenvalue weighted by Gasteiger charge is -2.21. The highest BCUT2D eigenvalue weighted by atomic mass is 16.5. The van der Waals surface area contributed by atoms with Gasteiger partial charge in [0.1, 0.15) is 5.75 Å². The lowest BCUT2D eigenvalue weighted by molar-refractivity contribution is -0.152. The molecule has 1 aromatic heterocycles. The molecule has 0 aliphatic rings. The van der Waals surface area contributed by atoms with E-state index in [1.165, 1.54) is 37.8 Å². The van der Waals surface area contributed by atoms with Gasteiger partial charge in [-0.1, -0.05) is 81.0 Å². The topological polar surface area (TPSA) is 113 Å². The lowest BCUT2D eigenvalue weighted by atomic mass is 10.1. The third-order valence-electron chi connectivity index (χ3n) is 6.71. The number of benzene rings is 2. The molecule has 0 aliphatic heterocycles. The Bertz CT molecular complexity index is 1310. The molecular formula is C31H41N3O6. The molecular weight excluding hydrogens is 510 g/mol. The summed E-state index contributed by atoms with van der Waals surface area (Å²) in [6.45, 7) is 7.90. The van der Waals surface area contributed by atoms with Crippen LogP contribution in [0.5, 0.6) is 5.75 Å². The second-order valence-corrected chi connectivity index (χ2v) is 10.7. The Hall–Kier alpha value is -3.88. The molecule has 2 aromatic carbocycles. The van der Waals surface area contributed by atoms with Gasteiger partial charge >= 0.3 is 17.6 Å². The number of carboxylic acids is 1. The first kappa shape index (κ1) is 30.7. The van der Waals surface area contributed by atoms with Crippen LogP contribution in [0.15, 0.2) is 53.3 Å².